The number of aryl methyl sites for hydroxylation is 1. The van der Waals surface area contributed by atoms with Gasteiger partial charge in [0.2, 0.25) is 0 Å². The van der Waals surface area contributed by atoms with E-state index in [-0.39, 0.29) is 30.1 Å². The molecule has 144 valence electrons. The van der Waals surface area contributed by atoms with Gasteiger partial charge in [0.1, 0.15) is 11.9 Å². The van der Waals surface area contributed by atoms with Crippen LogP contribution in [0, 0.1) is 0 Å². The summed E-state index contributed by atoms with van der Waals surface area (Å²) in [6, 6.07) is 11.8. The highest BCUT2D eigenvalue weighted by Crippen LogP contribution is 2.12. The number of ether oxygens (including phenoxy) is 1. The molecule has 0 spiro atoms. The van der Waals surface area contributed by atoms with E-state index in [2.05, 4.69) is 34.6 Å². The molecule has 1 heterocycles. The van der Waals surface area contributed by atoms with Gasteiger partial charge in [0.05, 0.1) is 6.54 Å². The van der Waals surface area contributed by atoms with Crippen molar-refractivity contribution >= 4 is 29.9 Å². The van der Waals surface area contributed by atoms with E-state index >= 15 is 0 Å². The standard InChI is InChI=1S/C19H29N5O.HI/c1-3-17(25-18-10-6-5-7-11-18)16-22-19(20-4-2)21-12-8-14-24-15-9-13-23-24;/h5-7,9-11,13,15,17H,3-4,8,12,14,16H2,1-2H3,(H2,20,21,22);1H. The molecule has 26 heavy (non-hydrogen) atoms. The normalized spacial score (nSPS) is 12.2. The zero-order valence-electron chi connectivity index (χ0n) is 15.6. The maximum atomic E-state index is 5.99. The highest BCUT2D eigenvalue weighted by molar-refractivity contribution is 14.0. The summed E-state index contributed by atoms with van der Waals surface area (Å²) in [4.78, 5) is 4.66. The molecular weight excluding hydrogens is 441 g/mol. The predicted molar refractivity (Wildman–Crippen MR) is 117 cm³/mol. The Balaban J connectivity index is 0.00000338. The number of aromatic nitrogens is 2. The Hall–Kier alpha value is -1.77. The van der Waals surface area contributed by atoms with Crippen LogP contribution in [0.3, 0.4) is 0 Å². The molecule has 2 aromatic rings. The van der Waals surface area contributed by atoms with Crippen molar-refractivity contribution < 1.29 is 4.74 Å². The Labute approximate surface area is 173 Å². The second-order valence-electron chi connectivity index (χ2n) is 5.73. The lowest BCUT2D eigenvalue weighted by atomic mass is 10.2. The van der Waals surface area contributed by atoms with Crippen LogP contribution in [0.25, 0.3) is 0 Å². The maximum Gasteiger partial charge on any atom is 0.191 e. The van der Waals surface area contributed by atoms with Gasteiger partial charge in [0.15, 0.2) is 5.96 Å². The second-order valence-corrected chi connectivity index (χ2v) is 5.73. The molecule has 0 aliphatic carbocycles. The van der Waals surface area contributed by atoms with Crippen LogP contribution in [0.5, 0.6) is 5.75 Å². The van der Waals surface area contributed by atoms with Gasteiger partial charge in [-0.05, 0) is 38.0 Å². The van der Waals surface area contributed by atoms with Crippen molar-refractivity contribution in [2.24, 2.45) is 4.99 Å². The first-order valence-electron chi connectivity index (χ1n) is 9.03. The van der Waals surface area contributed by atoms with Gasteiger partial charge in [0, 0.05) is 32.0 Å². The molecule has 0 fully saturated rings. The number of hydrogen-bond donors (Lipinski definition) is 2. The molecule has 1 atom stereocenters. The Morgan fingerprint density at radius 3 is 2.65 bits per heavy atom. The smallest absolute Gasteiger partial charge is 0.191 e. The summed E-state index contributed by atoms with van der Waals surface area (Å²) in [6.07, 6.45) is 5.76. The number of aliphatic imine (C=N–C) groups is 1. The van der Waals surface area contributed by atoms with Gasteiger partial charge in [0.25, 0.3) is 0 Å². The molecule has 7 heteroatoms. The summed E-state index contributed by atoms with van der Waals surface area (Å²) in [7, 11) is 0. The third-order valence-corrected chi connectivity index (χ3v) is 3.71. The van der Waals surface area contributed by atoms with Crippen molar-refractivity contribution in [1.29, 1.82) is 0 Å². The quantitative estimate of drug-likeness (QED) is 0.242. The fourth-order valence-corrected chi connectivity index (χ4v) is 2.36. The maximum absolute atomic E-state index is 5.99. The van der Waals surface area contributed by atoms with E-state index in [9.17, 15) is 0 Å². The minimum Gasteiger partial charge on any atom is -0.489 e. The van der Waals surface area contributed by atoms with Crippen LogP contribution >= 0.6 is 24.0 Å². The van der Waals surface area contributed by atoms with Crippen molar-refractivity contribution in [2.75, 3.05) is 19.6 Å². The van der Waals surface area contributed by atoms with Crippen molar-refractivity contribution in [3.63, 3.8) is 0 Å². The minimum atomic E-state index is 0. The van der Waals surface area contributed by atoms with Gasteiger partial charge in [-0.25, -0.2) is 4.99 Å². The molecule has 1 aromatic carbocycles. The summed E-state index contributed by atoms with van der Waals surface area (Å²) < 4.78 is 7.93. The minimum absolute atomic E-state index is 0. The number of nitrogens with one attached hydrogen (secondary N) is 2. The fourth-order valence-electron chi connectivity index (χ4n) is 2.36. The van der Waals surface area contributed by atoms with Gasteiger partial charge < -0.3 is 15.4 Å². The van der Waals surface area contributed by atoms with Crippen LogP contribution in [0.1, 0.15) is 26.7 Å². The highest BCUT2D eigenvalue weighted by atomic mass is 127. The Morgan fingerprint density at radius 1 is 1.19 bits per heavy atom. The molecule has 2 rings (SSSR count). The van der Waals surface area contributed by atoms with Crippen LogP contribution in [0.2, 0.25) is 0 Å². The van der Waals surface area contributed by atoms with Crippen molar-refractivity contribution in [1.82, 2.24) is 20.4 Å². The number of rotatable bonds is 10. The summed E-state index contributed by atoms with van der Waals surface area (Å²) >= 11 is 0. The molecule has 0 bridgehead atoms. The Kier molecular flexibility index (Phi) is 11.5. The van der Waals surface area contributed by atoms with E-state index in [0.717, 1.165) is 44.2 Å². The lowest BCUT2D eigenvalue weighted by Crippen LogP contribution is -2.39. The van der Waals surface area contributed by atoms with Crippen LogP contribution in [-0.2, 0) is 6.54 Å². The average molecular weight is 471 g/mol. The van der Waals surface area contributed by atoms with E-state index in [1.807, 2.05) is 47.3 Å². The second kappa shape index (κ2) is 13.4. The van der Waals surface area contributed by atoms with Crippen LogP contribution in [0.4, 0.5) is 0 Å². The van der Waals surface area contributed by atoms with Gasteiger partial charge in [-0.1, -0.05) is 25.1 Å². The number of para-hydroxylation sites is 1. The average Bonchev–Trinajstić information content (AvgIpc) is 3.16. The zero-order valence-corrected chi connectivity index (χ0v) is 17.9. The van der Waals surface area contributed by atoms with Gasteiger partial charge in [-0.15, -0.1) is 24.0 Å². The lowest BCUT2D eigenvalue weighted by molar-refractivity contribution is 0.205. The van der Waals surface area contributed by atoms with Crippen molar-refractivity contribution in [3.8, 4) is 5.75 Å². The van der Waals surface area contributed by atoms with E-state index in [0.29, 0.717) is 6.54 Å². The van der Waals surface area contributed by atoms with Gasteiger partial charge in [-0.2, -0.15) is 5.10 Å². The molecule has 1 aromatic heterocycles. The van der Waals surface area contributed by atoms with E-state index < -0.39 is 0 Å². The first kappa shape index (κ1) is 22.3. The van der Waals surface area contributed by atoms with Gasteiger partial charge >= 0.3 is 0 Å². The number of hydrogen-bond acceptors (Lipinski definition) is 3. The fraction of sp³-hybridized carbons (Fsp3) is 0.474. The predicted octanol–water partition coefficient (Wildman–Crippen LogP) is 3.30. The van der Waals surface area contributed by atoms with Crippen molar-refractivity contribution in [3.05, 3.63) is 48.8 Å². The topological polar surface area (TPSA) is 63.5 Å². The lowest BCUT2D eigenvalue weighted by Gasteiger charge is -2.17. The molecule has 1 unspecified atom stereocenters. The number of halogens is 1. The van der Waals surface area contributed by atoms with Crippen LogP contribution < -0.4 is 15.4 Å². The summed E-state index contributed by atoms with van der Waals surface area (Å²) in [5.41, 5.74) is 0. The molecule has 0 aliphatic rings. The molecule has 2 N–H and O–H groups in total. The first-order chi connectivity index (χ1) is 12.3. The largest absolute Gasteiger partial charge is 0.489 e. The summed E-state index contributed by atoms with van der Waals surface area (Å²) in [5.74, 6) is 1.72. The number of benzene rings is 1. The third kappa shape index (κ3) is 8.55. The SMILES string of the molecule is CCNC(=NCC(CC)Oc1ccccc1)NCCCn1cccn1.I. The Morgan fingerprint density at radius 2 is 2.00 bits per heavy atom. The molecule has 0 amide bonds. The zero-order chi connectivity index (χ0) is 17.7. The summed E-state index contributed by atoms with van der Waals surface area (Å²) in [6.45, 7) is 7.39. The molecular formula is C19H30IN5O. The van der Waals surface area contributed by atoms with E-state index in [1.54, 1.807) is 6.20 Å². The number of guanidine groups is 1. The molecule has 0 saturated carbocycles. The monoisotopic (exact) mass is 471 g/mol. The molecule has 0 saturated heterocycles. The molecule has 0 radical (unpaired) electrons. The molecule has 0 aliphatic heterocycles. The highest BCUT2D eigenvalue weighted by Gasteiger charge is 2.08. The van der Waals surface area contributed by atoms with Crippen molar-refractivity contribution in [2.45, 2.75) is 39.3 Å². The van der Waals surface area contributed by atoms with E-state index in [1.165, 1.54) is 0 Å². The summed E-state index contributed by atoms with van der Waals surface area (Å²) in [5, 5.41) is 10.9. The van der Waals surface area contributed by atoms with Crippen LogP contribution in [-0.4, -0.2) is 41.5 Å². The number of nitrogens with zero attached hydrogens (tertiary/aromatic N) is 3. The third-order valence-electron chi connectivity index (χ3n) is 3.71. The van der Waals surface area contributed by atoms with E-state index in [4.69, 9.17) is 4.74 Å². The molecule has 6 nitrogen and oxygen atoms in total. The Bertz CT molecular complexity index is 604. The first-order valence-corrected chi connectivity index (χ1v) is 9.03. The van der Waals surface area contributed by atoms with Gasteiger partial charge in [-0.3, -0.25) is 4.68 Å². The van der Waals surface area contributed by atoms with Crippen LogP contribution in [0.15, 0.2) is 53.8 Å².